The van der Waals surface area contributed by atoms with E-state index in [1.165, 1.54) is 0 Å². The fourth-order valence-electron chi connectivity index (χ4n) is 1.90. The van der Waals surface area contributed by atoms with Gasteiger partial charge in [-0.3, -0.25) is 0 Å². The van der Waals surface area contributed by atoms with Crippen LogP contribution >= 0.6 is 15.9 Å². The summed E-state index contributed by atoms with van der Waals surface area (Å²) >= 11 is 3.56. The van der Waals surface area contributed by atoms with Crippen LogP contribution in [0.25, 0.3) is 0 Å². The highest BCUT2D eigenvalue weighted by Crippen LogP contribution is 2.32. The van der Waals surface area contributed by atoms with Crippen LogP contribution in [0.2, 0.25) is 0 Å². The molecule has 1 aliphatic heterocycles. The minimum atomic E-state index is 0.855. The quantitative estimate of drug-likeness (QED) is 0.790. The summed E-state index contributed by atoms with van der Waals surface area (Å²) < 4.78 is 1.09. The molecule has 0 saturated carbocycles. The number of anilines is 2. The molecule has 0 radical (unpaired) electrons. The number of hydrogen-bond acceptors (Lipinski definition) is 3. The fraction of sp³-hybridized carbons (Fsp3) is 0.455. The van der Waals surface area contributed by atoms with Crippen molar-refractivity contribution in [3.63, 3.8) is 0 Å². The standard InChI is InChI=1S/C11H16BrN3/c1-14-5-7-15(8-6-14)11-9(12)3-2-4-10(11)13/h2-4H,5-8,13H2,1H3. The first-order valence-electron chi connectivity index (χ1n) is 5.16. The molecule has 0 amide bonds. The van der Waals surface area contributed by atoms with Crippen LogP contribution in [-0.2, 0) is 0 Å². The Labute approximate surface area is 99.0 Å². The molecule has 2 rings (SSSR count). The van der Waals surface area contributed by atoms with E-state index < -0.39 is 0 Å². The van der Waals surface area contributed by atoms with Gasteiger partial charge in [-0.05, 0) is 35.1 Å². The zero-order valence-electron chi connectivity index (χ0n) is 8.91. The van der Waals surface area contributed by atoms with E-state index in [-0.39, 0.29) is 0 Å². The zero-order chi connectivity index (χ0) is 10.8. The maximum absolute atomic E-state index is 6.00. The molecule has 0 aromatic heterocycles. The summed E-state index contributed by atoms with van der Waals surface area (Å²) in [5.74, 6) is 0. The highest BCUT2D eigenvalue weighted by molar-refractivity contribution is 9.10. The highest BCUT2D eigenvalue weighted by Gasteiger charge is 2.17. The van der Waals surface area contributed by atoms with Gasteiger partial charge in [0.05, 0.1) is 11.4 Å². The Kier molecular flexibility index (Phi) is 3.17. The molecule has 1 aromatic rings. The Morgan fingerprint density at radius 2 is 1.87 bits per heavy atom. The third kappa shape index (κ3) is 2.26. The molecule has 0 atom stereocenters. The summed E-state index contributed by atoms with van der Waals surface area (Å²) in [6, 6.07) is 5.97. The van der Waals surface area contributed by atoms with Crippen LogP contribution in [0.15, 0.2) is 22.7 Å². The highest BCUT2D eigenvalue weighted by atomic mass is 79.9. The van der Waals surface area contributed by atoms with E-state index >= 15 is 0 Å². The average Bonchev–Trinajstić information content (AvgIpc) is 2.20. The summed E-state index contributed by atoms with van der Waals surface area (Å²) in [5.41, 5.74) is 8.00. The van der Waals surface area contributed by atoms with Crippen LogP contribution in [0.5, 0.6) is 0 Å². The van der Waals surface area contributed by atoms with Gasteiger partial charge in [0, 0.05) is 30.7 Å². The molecule has 1 fully saturated rings. The number of piperazine rings is 1. The van der Waals surface area contributed by atoms with Gasteiger partial charge in [0.1, 0.15) is 0 Å². The van der Waals surface area contributed by atoms with E-state index in [2.05, 4.69) is 32.8 Å². The summed E-state index contributed by atoms with van der Waals surface area (Å²) in [7, 11) is 2.15. The predicted octanol–water partition coefficient (Wildman–Crippen LogP) is 1.78. The van der Waals surface area contributed by atoms with Crippen molar-refractivity contribution < 1.29 is 0 Å². The van der Waals surface area contributed by atoms with Crippen LogP contribution < -0.4 is 10.6 Å². The second kappa shape index (κ2) is 4.41. The van der Waals surface area contributed by atoms with Gasteiger partial charge in [0.15, 0.2) is 0 Å². The lowest BCUT2D eigenvalue weighted by Gasteiger charge is -2.35. The molecule has 2 N–H and O–H groups in total. The van der Waals surface area contributed by atoms with Gasteiger partial charge in [-0.2, -0.15) is 0 Å². The van der Waals surface area contributed by atoms with Gasteiger partial charge in [-0.1, -0.05) is 6.07 Å². The predicted molar refractivity (Wildman–Crippen MR) is 68.3 cm³/mol. The van der Waals surface area contributed by atoms with Gasteiger partial charge in [0.25, 0.3) is 0 Å². The monoisotopic (exact) mass is 269 g/mol. The molecule has 3 nitrogen and oxygen atoms in total. The van der Waals surface area contributed by atoms with Crippen molar-refractivity contribution >= 4 is 27.3 Å². The van der Waals surface area contributed by atoms with Crippen molar-refractivity contribution in [3.8, 4) is 0 Å². The Bertz CT molecular complexity index is 325. The largest absolute Gasteiger partial charge is 0.397 e. The first-order chi connectivity index (χ1) is 7.18. The van der Waals surface area contributed by atoms with Gasteiger partial charge < -0.3 is 15.5 Å². The number of halogens is 1. The SMILES string of the molecule is CN1CCN(c2c(N)cccc2Br)CC1. The van der Waals surface area contributed by atoms with Crippen molar-refractivity contribution in [2.24, 2.45) is 0 Å². The van der Waals surface area contributed by atoms with Crippen LogP contribution in [0.3, 0.4) is 0 Å². The number of likely N-dealkylation sites (N-methyl/N-ethyl adjacent to an activating group) is 1. The molecule has 0 unspecified atom stereocenters. The number of benzene rings is 1. The number of nitrogens with two attached hydrogens (primary N) is 1. The summed E-state index contributed by atoms with van der Waals surface area (Å²) in [6.45, 7) is 4.29. The van der Waals surface area contributed by atoms with E-state index in [4.69, 9.17) is 5.73 Å². The number of nitrogens with zero attached hydrogens (tertiary/aromatic N) is 2. The minimum Gasteiger partial charge on any atom is -0.397 e. The Balaban J connectivity index is 2.22. The topological polar surface area (TPSA) is 32.5 Å². The lowest BCUT2D eigenvalue weighted by molar-refractivity contribution is 0.313. The molecule has 1 aliphatic rings. The number of rotatable bonds is 1. The third-order valence-electron chi connectivity index (χ3n) is 2.84. The van der Waals surface area contributed by atoms with Gasteiger partial charge in [0.2, 0.25) is 0 Å². The van der Waals surface area contributed by atoms with Crippen molar-refractivity contribution in [2.45, 2.75) is 0 Å². The van der Waals surface area contributed by atoms with Crippen molar-refractivity contribution in [3.05, 3.63) is 22.7 Å². The lowest BCUT2D eigenvalue weighted by atomic mass is 10.2. The van der Waals surface area contributed by atoms with E-state index in [9.17, 15) is 0 Å². The molecule has 0 aliphatic carbocycles. The van der Waals surface area contributed by atoms with Crippen molar-refractivity contribution in [2.75, 3.05) is 43.9 Å². The van der Waals surface area contributed by atoms with Crippen molar-refractivity contribution in [1.29, 1.82) is 0 Å². The molecule has 1 heterocycles. The molecular weight excluding hydrogens is 254 g/mol. The molecular formula is C11H16BrN3. The van der Waals surface area contributed by atoms with E-state index in [1.54, 1.807) is 0 Å². The summed E-state index contributed by atoms with van der Waals surface area (Å²) in [5, 5.41) is 0. The lowest BCUT2D eigenvalue weighted by Crippen LogP contribution is -2.44. The third-order valence-corrected chi connectivity index (χ3v) is 3.48. The minimum absolute atomic E-state index is 0.855. The first-order valence-corrected chi connectivity index (χ1v) is 5.95. The number of para-hydroxylation sites is 1. The van der Waals surface area contributed by atoms with Gasteiger partial charge >= 0.3 is 0 Å². The first kappa shape index (κ1) is 10.8. The van der Waals surface area contributed by atoms with Crippen molar-refractivity contribution in [1.82, 2.24) is 4.90 Å². The van der Waals surface area contributed by atoms with E-state index in [0.717, 1.165) is 42.0 Å². The van der Waals surface area contributed by atoms with Crippen LogP contribution in [-0.4, -0.2) is 38.1 Å². The normalized spacial score (nSPS) is 18.1. The Morgan fingerprint density at radius 1 is 1.20 bits per heavy atom. The van der Waals surface area contributed by atoms with E-state index in [1.807, 2.05) is 18.2 Å². The van der Waals surface area contributed by atoms with Gasteiger partial charge in [-0.15, -0.1) is 0 Å². The Morgan fingerprint density at radius 3 is 2.47 bits per heavy atom. The molecule has 15 heavy (non-hydrogen) atoms. The number of hydrogen-bond donors (Lipinski definition) is 1. The molecule has 0 spiro atoms. The number of nitrogen functional groups attached to an aromatic ring is 1. The molecule has 1 aromatic carbocycles. The Hall–Kier alpha value is -0.740. The average molecular weight is 270 g/mol. The van der Waals surface area contributed by atoms with Crippen LogP contribution in [0.4, 0.5) is 11.4 Å². The molecule has 4 heteroatoms. The maximum atomic E-state index is 6.00. The summed E-state index contributed by atoms with van der Waals surface area (Å²) in [4.78, 5) is 4.68. The molecule has 82 valence electrons. The van der Waals surface area contributed by atoms with Crippen LogP contribution in [0, 0.1) is 0 Å². The smallest absolute Gasteiger partial charge is 0.0745 e. The fourth-order valence-corrected chi connectivity index (χ4v) is 2.53. The molecule has 0 bridgehead atoms. The maximum Gasteiger partial charge on any atom is 0.0745 e. The summed E-state index contributed by atoms with van der Waals surface area (Å²) in [6.07, 6.45) is 0. The van der Waals surface area contributed by atoms with Gasteiger partial charge in [-0.25, -0.2) is 0 Å². The second-order valence-corrected chi connectivity index (χ2v) is 4.82. The molecule has 1 saturated heterocycles. The second-order valence-electron chi connectivity index (χ2n) is 3.97. The zero-order valence-corrected chi connectivity index (χ0v) is 10.5. The van der Waals surface area contributed by atoms with Crippen LogP contribution in [0.1, 0.15) is 0 Å². The van der Waals surface area contributed by atoms with E-state index in [0.29, 0.717) is 0 Å².